The van der Waals surface area contributed by atoms with E-state index in [1.165, 1.54) is 6.20 Å². The number of hydrogen-bond donors (Lipinski definition) is 3. The zero-order valence-electron chi connectivity index (χ0n) is 9.39. The lowest BCUT2D eigenvalue weighted by Gasteiger charge is -2.25. The van der Waals surface area contributed by atoms with Crippen LogP contribution >= 0.6 is 11.6 Å². The largest absolute Gasteiger partial charge is 0.481 e. The quantitative estimate of drug-likeness (QED) is 0.776. The fraction of sp³-hybridized carbons (Fsp3) is 0.364. The van der Waals surface area contributed by atoms with Gasteiger partial charge in [0, 0.05) is 11.1 Å². The highest BCUT2D eigenvalue weighted by Gasteiger charge is 2.36. The maximum absolute atomic E-state index is 12.0. The van der Waals surface area contributed by atoms with Gasteiger partial charge in [-0.2, -0.15) is 5.10 Å². The lowest BCUT2D eigenvalue weighted by molar-refractivity contribution is -0.146. The standard InChI is InChI=1S/C11H12ClN3O3/c12-6-1-2-7(11(17)18)8(5-6)10(16)14-9-3-4-13-15-9/h1,3-4,7-8H,2,5H2,(H,17,18)(H2,13,14,15,16). The van der Waals surface area contributed by atoms with E-state index in [0.717, 1.165) is 0 Å². The molecule has 0 spiro atoms. The van der Waals surface area contributed by atoms with Crippen LogP contribution in [0.3, 0.4) is 0 Å². The van der Waals surface area contributed by atoms with E-state index in [4.69, 9.17) is 16.7 Å². The predicted octanol–water partition coefficient (Wildman–Crippen LogP) is 1.58. The minimum atomic E-state index is -0.986. The van der Waals surface area contributed by atoms with E-state index >= 15 is 0 Å². The Kier molecular flexibility index (Phi) is 3.66. The first kappa shape index (κ1) is 12.6. The first-order valence-corrected chi connectivity index (χ1v) is 5.83. The molecule has 6 nitrogen and oxygen atoms in total. The number of aromatic amines is 1. The minimum absolute atomic E-state index is 0.249. The van der Waals surface area contributed by atoms with Crippen molar-refractivity contribution >= 4 is 29.3 Å². The molecule has 0 radical (unpaired) electrons. The van der Waals surface area contributed by atoms with E-state index < -0.39 is 17.8 Å². The Labute approximate surface area is 108 Å². The third-order valence-electron chi connectivity index (χ3n) is 2.91. The number of aromatic nitrogens is 2. The van der Waals surface area contributed by atoms with Gasteiger partial charge in [-0.15, -0.1) is 0 Å². The normalized spacial score (nSPS) is 23.3. The number of hydrogen-bond acceptors (Lipinski definition) is 3. The monoisotopic (exact) mass is 269 g/mol. The Morgan fingerprint density at radius 3 is 2.89 bits per heavy atom. The van der Waals surface area contributed by atoms with Crippen molar-refractivity contribution in [2.75, 3.05) is 5.32 Å². The van der Waals surface area contributed by atoms with E-state index in [0.29, 0.717) is 10.9 Å². The van der Waals surface area contributed by atoms with Gasteiger partial charge in [-0.25, -0.2) is 0 Å². The lowest BCUT2D eigenvalue weighted by Crippen LogP contribution is -2.35. The number of nitrogens with one attached hydrogen (secondary N) is 2. The Morgan fingerprint density at radius 1 is 1.50 bits per heavy atom. The topological polar surface area (TPSA) is 95.1 Å². The van der Waals surface area contributed by atoms with Gasteiger partial charge in [0.15, 0.2) is 0 Å². The van der Waals surface area contributed by atoms with Gasteiger partial charge < -0.3 is 10.4 Å². The number of carbonyl (C=O) groups excluding carboxylic acids is 1. The summed E-state index contributed by atoms with van der Waals surface area (Å²) in [4.78, 5) is 23.1. The molecule has 0 fully saturated rings. The molecule has 1 aromatic heterocycles. The van der Waals surface area contributed by atoms with E-state index in [9.17, 15) is 9.59 Å². The van der Waals surface area contributed by atoms with Crippen molar-refractivity contribution in [2.24, 2.45) is 11.8 Å². The molecule has 0 aromatic carbocycles. The highest BCUT2D eigenvalue weighted by Crippen LogP contribution is 2.32. The molecule has 1 amide bonds. The zero-order chi connectivity index (χ0) is 13.1. The average molecular weight is 270 g/mol. The highest BCUT2D eigenvalue weighted by atomic mass is 35.5. The fourth-order valence-electron chi connectivity index (χ4n) is 1.95. The minimum Gasteiger partial charge on any atom is -0.481 e. The van der Waals surface area contributed by atoms with Gasteiger partial charge in [-0.3, -0.25) is 14.7 Å². The molecule has 1 aliphatic carbocycles. The van der Waals surface area contributed by atoms with Crippen LogP contribution in [0, 0.1) is 11.8 Å². The molecule has 1 aliphatic rings. The SMILES string of the molecule is O=C(O)C1CC=C(Cl)CC1C(=O)Nc1ccn[nH]1. The van der Waals surface area contributed by atoms with Gasteiger partial charge in [0.25, 0.3) is 0 Å². The van der Waals surface area contributed by atoms with Crippen LogP contribution in [0.1, 0.15) is 12.8 Å². The third-order valence-corrected chi connectivity index (χ3v) is 3.22. The molecule has 1 heterocycles. The maximum atomic E-state index is 12.0. The second-order valence-corrected chi connectivity index (χ2v) is 4.59. The first-order chi connectivity index (χ1) is 8.58. The molecular weight excluding hydrogens is 258 g/mol. The maximum Gasteiger partial charge on any atom is 0.307 e. The van der Waals surface area contributed by atoms with Crippen LogP contribution in [0.5, 0.6) is 0 Å². The molecule has 2 unspecified atom stereocenters. The van der Waals surface area contributed by atoms with Gasteiger partial charge in [-0.05, 0) is 12.8 Å². The number of anilines is 1. The molecule has 2 rings (SSSR count). The number of rotatable bonds is 3. The number of carboxylic acid groups (broad SMARTS) is 1. The van der Waals surface area contributed by atoms with Gasteiger partial charge >= 0.3 is 5.97 Å². The molecule has 0 saturated carbocycles. The van der Waals surface area contributed by atoms with Gasteiger partial charge in [0.1, 0.15) is 5.82 Å². The fourth-order valence-corrected chi connectivity index (χ4v) is 2.21. The van der Waals surface area contributed by atoms with Crippen molar-refractivity contribution in [3.05, 3.63) is 23.4 Å². The summed E-state index contributed by atoms with van der Waals surface area (Å²) in [5.74, 6) is -2.31. The van der Waals surface area contributed by atoms with Crippen LogP contribution in [0.4, 0.5) is 5.82 Å². The van der Waals surface area contributed by atoms with Crippen molar-refractivity contribution in [3.63, 3.8) is 0 Å². The third kappa shape index (κ3) is 2.70. The highest BCUT2D eigenvalue weighted by molar-refractivity contribution is 6.29. The predicted molar refractivity (Wildman–Crippen MR) is 65.0 cm³/mol. The number of carboxylic acids is 1. The Hall–Kier alpha value is -1.82. The summed E-state index contributed by atoms with van der Waals surface area (Å²) in [7, 11) is 0. The zero-order valence-corrected chi connectivity index (χ0v) is 10.1. The summed E-state index contributed by atoms with van der Waals surface area (Å²) < 4.78 is 0. The Bertz CT molecular complexity index is 484. The number of carbonyl (C=O) groups is 2. The van der Waals surface area contributed by atoms with Crippen molar-refractivity contribution in [1.82, 2.24) is 10.2 Å². The van der Waals surface area contributed by atoms with Crippen LogP contribution in [0.2, 0.25) is 0 Å². The second-order valence-electron chi connectivity index (χ2n) is 4.10. The summed E-state index contributed by atoms with van der Waals surface area (Å²) in [6, 6.07) is 1.59. The van der Waals surface area contributed by atoms with Crippen LogP contribution in [-0.2, 0) is 9.59 Å². The molecule has 1 aromatic rings. The van der Waals surface area contributed by atoms with E-state index in [1.54, 1.807) is 12.1 Å². The molecule has 7 heteroatoms. The molecular formula is C11H12ClN3O3. The number of aliphatic carboxylic acids is 1. The second kappa shape index (κ2) is 5.22. The molecule has 96 valence electrons. The number of H-pyrrole nitrogens is 1. The van der Waals surface area contributed by atoms with Crippen molar-refractivity contribution in [1.29, 1.82) is 0 Å². The Balaban J connectivity index is 2.11. The number of nitrogens with zero attached hydrogens (tertiary/aromatic N) is 1. The van der Waals surface area contributed by atoms with Gasteiger partial charge in [0.2, 0.25) is 5.91 Å². The summed E-state index contributed by atoms with van der Waals surface area (Å²) in [5.41, 5.74) is 0. The first-order valence-electron chi connectivity index (χ1n) is 5.45. The lowest BCUT2D eigenvalue weighted by atomic mass is 9.82. The van der Waals surface area contributed by atoms with E-state index in [2.05, 4.69) is 15.5 Å². The van der Waals surface area contributed by atoms with Gasteiger partial charge in [0.05, 0.1) is 18.0 Å². The molecule has 2 atom stereocenters. The molecule has 0 bridgehead atoms. The Morgan fingerprint density at radius 2 is 2.28 bits per heavy atom. The van der Waals surface area contributed by atoms with Crippen LogP contribution < -0.4 is 5.32 Å². The van der Waals surface area contributed by atoms with E-state index in [1.807, 2.05) is 0 Å². The van der Waals surface area contributed by atoms with Crippen molar-refractivity contribution < 1.29 is 14.7 Å². The molecule has 3 N–H and O–H groups in total. The van der Waals surface area contributed by atoms with Crippen molar-refractivity contribution in [3.8, 4) is 0 Å². The van der Waals surface area contributed by atoms with Crippen LogP contribution in [-0.4, -0.2) is 27.2 Å². The number of amides is 1. The average Bonchev–Trinajstić information content (AvgIpc) is 2.81. The molecule has 0 saturated heterocycles. The smallest absolute Gasteiger partial charge is 0.307 e. The summed E-state index contributed by atoms with van der Waals surface area (Å²) in [5, 5.41) is 18.5. The summed E-state index contributed by atoms with van der Waals surface area (Å²) in [6.45, 7) is 0. The number of allylic oxidation sites excluding steroid dienone is 2. The number of halogens is 1. The van der Waals surface area contributed by atoms with E-state index in [-0.39, 0.29) is 18.7 Å². The van der Waals surface area contributed by atoms with Crippen LogP contribution in [0.25, 0.3) is 0 Å². The summed E-state index contributed by atoms with van der Waals surface area (Å²) >= 11 is 5.88. The summed E-state index contributed by atoms with van der Waals surface area (Å²) in [6.07, 6.45) is 3.67. The van der Waals surface area contributed by atoms with Crippen LogP contribution in [0.15, 0.2) is 23.4 Å². The van der Waals surface area contributed by atoms with Crippen molar-refractivity contribution in [2.45, 2.75) is 12.8 Å². The van der Waals surface area contributed by atoms with Gasteiger partial charge in [-0.1, -0.05) is 17.7 Å². The molecule has 18 heavy (non-hydrogen) atoms. The molecule has 0 aliphatic heterocycles.